The van der Waals surface area contributed by atoms with E-state index in [0.29, 0.717) is 77.9 Å². The number of ether oxygens (including phenoxy) is 1. The number of piperidine rings is 1. The minimum Gasteiger partial charge on any atom is -0.466 e. The molecule has 3 saturated heterocycles. The number of carboxylic acid groups (broad SMARTS) is 1. The average Bonchev–Trinajstić information content (AvgIpc) is 3.77. The Hall–Kier alpha value is -3.13. The molecule has 6 heterocycles. The van der Waals surface area contributed by atoms with Gasteiger partial charge in [0.1, 0.15) is 16.5 Å². The maximum Gasteiger partial charge on any atom is 0.407 e. The summed E-state index contributed by atoms with van der Waals surface area (Å²) in [6.07, 6.45) is 2.65. The van der Waals surface area contributed by atoms with Crippen LogP contribution in [0.3, 0.4) is 0 Å². The first-order valence-corrected chi connectivity index (χ1v) is 16.1. The number of aromatic nitrogens is 2. The highest BCUT2D eigenvalue weighted by Crippen LogP contribution is 2.46. The number of nitrogens with one attached hydrogen (secondary N) is 1. The van der Waals surface area contributed by atoms with Gasteiger partial charge >= 0.3 is 12.1 Å². The van der Waals surface area contributed by atoms with Gasteiger partial charge in [0.15, 0.2) is 5.13 Å². The van der Waals surface area contributed by atoms with Gasteiger partial charge in [-0.05, 0) is 38.3 Å². The van der Waals surface area contributed by atoms with Crippen molar-refractivity contribution < 1.29 is 24.2 Å². The summed E-state index contributed by atoms with van der Waals surface area (Å²) in [5.41, 5.74) is 0.999. The number of carbonyl (C=O) groups excluding carboxylic acids is 2. The van der Waals surface area contributed by atoms with Crippen LogP contribution in [-0.2, 0) is 9.53 Å². The van der Waals surface area contributed by atoms with Crippen molar-refractivity contribution in [2.75, 3.05) is 47.9 Å². The predicted molar refractivity (Wildman–Crippen MR) is 163 cm³/mol. The Bertz CT molecular complexity index is 1520. The molecule has 3 fully saturated rings. The van der Waals surface area contributed by atoms with E-state index in [1.165, 1.54) is 33.8 Å². The molecule has 15 heteroatoms. The van der Waals surface area contributed by atoms with Crippen LogP contribution in [0, 0.1) is 5.92 Å². The first-order chi connectivity index (χ1) is 20.2. The minimum atomic E-state index is -0.899. The lowest BCUT2D eigenvalue weighted by atomic mass is 9.97. The lowest BCUT2D eigenvalue weighted by molar-refractivity contribution is -0.148. The zero-order valence-electron chi connectivity index (χ0n) is 22.6. The standard InChI is InChI=1S/C27H28Cl2N6O5S2/c1-2-40-25(37)14-3-5-33(6-4-14)22-19(29)7-15(10-30-22)23(36)32-26-31-21(20-8-16(28)13-41-20)24(42-26)34-11-18-9-17(34)12-35(18)27(38)39/h7-8,10,13-14,17-18H,2-6,9,11-12H2,1H3,(H,38,39)(H,31,32,36). The summed E-state index contributed by atoms with van der Waals surface area (Å²) in [6, 6.07) is 3.40. The normalized spacial score (nSPS) is 20.3. The number of hydrogen-bond donors (Lipinski definition) is 2. The third-order valence-electron chi connectivity index (χ3n) is 7.88. The van der Waals surface area contributed by atoms with E-state index in [9.17, 15) is 19.5 Å². The van der Waals surface area contributed by atoms with Crippen LogP contribution in [0.15, 0.2) is 23.7 Å². The van der Waals surface area contributed by atoms with Gasteiger partial charge in [-0.1, -0.05) is 34.5 Å². The number of likely N-dealkylation sites (tertiary alicyclic amines) is 1. The third kappa shape index (κ3) is 5.62. The molecule has 2 bridgehead atoms. The van der Waals surface area contributed by atoms with Gasteiger partial charge < -0.3 is 24.5 Å². The summed E-state index contributed by atoms with van der Waals surface area (Å²) in [7, 11) is 0. The molecule has 3 aromatic rings. The molecule has 3 aliphatic rings. The monoisotopic (exact) mass is 650 g/mol. The van der Waals surface area contributed by atoms with Crippen LogP contribution in [0.1, 0.15) is 36.5 Å². The summed E-state index contributed by atoms with van der Waals surface area (Å²) in [5.74, 6) is -0.120. The summed E-state index contributed by atoms with van der Waals surface area (Å²) in [4.78, 5) is 52.7. The molecule has 2 N–H and O–H groups in total. The summed E-state index contributed by atoms with van der Waals surface area (Å²) >= 11 is 15.6. The molecule has 0 saturated carbocycles. The van der Waals surface area contributed by atoms with Crippen LogP contribution < -0.4 is 15.1 Å². The fourth-order valence-corrected chi connectivity index (χ4v) is 8.32. The fourth-order valence-electron chi connectivity index (χ4n) is 5.85. The molecule has 0 radical (unpaired) electrons. The highest BCUT2D eigenvalue weighted by Gasteiger charge is 2.47. The molecule has 0 spiro atoms. The van der Waals surface area contributed by atoms with Crippen molar-refractivity contribution in [1.29, 1.82) is 0 Å². The smallest absolute Gasteiger partial charge is 0.407 e. The SMILES string of the molecule is CCOC(=O)C1CCN(c2ncc(C(=O)Nc3nc(-c4cc(Cl)cs4)c(N4CC5CC4CN5C(=O)O)s3)cc2Cl)CC1. The number of halogens is 2. The number of esters is 1. The number of nitrogens with zero attached hydrogens (tertiary/aromatic N) is 5. The average molecular weight is 652 g/mol. The Kier molecular flexibility index (Phi) is 8.18. The number of thiazole rings is 1. The van der Waals surface area contributed by atoms with Crippen molar-refractivity contribution in [2.45, 2.75) is 38.3 Å². The first kappa shape index (κ1) is 29.0. The van der Waals surface area contributed by atoms with Crippen LogP contribution in [0.25, 0.3) is 10.6 Å². The molecule has 42 heavy (non-hydrogen) atoms. The maximum atomic E-state index is 13.2. The number of carbonyl (C=O) groups is 3. The Morgan fingerprint density at radius 1 is 1.17 bits per heavy atom. The number of hydrogen-bond acceptors (Lipinski definition) is 10. The van der Waals surface area contributed by atoms with E-state index in [0.717, 1.165) is 16.3 Å². The van der Waals surface area contributed by atoms with E-state index in [-0.39, 0.29) is 24.0 Å². The predicted octanol–water partition coefficient (Wildman–Crippen LogP) is 5.55. The first-order valence-electron chi connectivity index (χ1n) is 13.6. The van der Waals surface area contributed by atoms with E-state index in [1.807, 2.05) is 16.3 Å². The number of piperazine rings is 1. The zero-order chi connectivity index (χ0) is 29.5. The van der Waals surface area contributed by atoms with E-state index in [2.05, 4.69) is 15.2 Å². The molecule has 0 aliphatic carbocycles. The van der Waals surface area contributed by atoms with Gasteiger partial charge in [0.2, 0.25) is 0 Å². The van der Waals surface area contributed by atoms with Crippen molar-refractivity contribution in [3.05, 3.63) is 39.3 Å². The molecular weight excluding hydrogens is 623 g/mol. The number of amides is 2. The summed E-state index contributed by atoms with van der Waals surface area (Å²) < 4.78 is 5.15. The number of thiophene rings is 1. The van der Waals surface area contributed by atoms with Crippen molar-refractivity contribution >= 4 is 79.8 Å². The van der Waals surface area contributed by atoms with Gasteiger partial charge in [-0.25, -0.2) is 14.8 Å². The van der Waals surface area contributed by atoms with Crippen molar-refractivity contribution in [1.82, 2.24) is 14.9 Å². The Morgan fingerprint density at radius 2 is 1.95 bits per heavy atom. The molecule has 2 atom stereocenters. The Morgan fingerprint density at radius 3 is 2.57 bits per heavy atom. The van der Waals surface area contributed by atoms with E-state index in [1.54, 1.807) is 13.0 Å². The Labute approximate surface area is 260 Å². The van der Waals surface area contributed by atoms with Crippen LogP contribution in [0.4, 0.5) is 20.7 Å². The molecule has 222 valence electrons. The van der Waals surface area contributed by atoms with Gasteiger partial charge in [-0.2, -0.15) is 0 Å². The van der Waals surface area contributed by atoms with Gasteiger partial charge in [0.25, 0.3) is 5.91 Å². The van der Waals surface area contributed by atoms with Gasteiger partial charge in [-0.15, -0.1) is 11.3 Å². The van der Waals surface area contributed by atoms with Gasteiger partial charge in [0.05, 0.1) is 39.1 Å². The molecular formula is C27H28Cl2N6O5S2. The molecule has 2 unspecified atom stereocenters. The second-order valence-electron chi connectivity index (χ2n) is 10.4. The van der Waals surface area contributed by atoms with E-state index in [4.69, 9.17) is 32.9 Å². The van der Waals surface area contributed by atoms with Crippen LogP contribution in [0.2, 0.25) is 10.0 Å². The molecule has 2 amide bonds. The molecule has 6 rings (SSSR count). The highest BCUT2D eigenvalue weighted by atomic mass is 35.5. The zero-order valence-corrected chi connectivity index (χ0v) is 25.7. The number of fused-ring (bicyclic) bond motifs is 2. The van der Waals surface area contributed by atoms with E-state index < -0.39 is 12.0 Å². The summed E-state index contributed by atoms with van der Waals surface area (Å²) in [5, 5.41) is 16.5. The van der Waals surface area contributed by atoms with E-state index >= 15 is 0 Å². The largest absolute Gasteiger partial charge is 0.466 e. The van der Waals surface area contributed by atoms with Gasteiger partial charge in [0, 0.05) is 43.8 Å². The minimum absolute atomic E-state index is 0.0437. The molecule has 3 aromatic heterocycles. The quantitative estimate of drug-likeness (QED) is 0.316. The molecule has 11 nitrogen and oxygen atoms in total. The molecule has 0 aromatic carbocycles. The number of anilines is 3. The third-order valence-corrected chi connectivity index (χ3v) is 10.4. The second kappa shape index (κ2) is 11.9. The van der Waals surface area contributed by atoms with Crippen molar-refractivity contribution in [3.8, 4) is 10.6 Å². The van der Waals surface area contributed by atoms with Crippen LogP contribution >= 0.6 is 45.9 Å². The lowest BCUT2D eigenvalue weighted by Gasteiger charge is -2.33. The fraction of sp³-hybridized carbons (Fsp3) is 0.444. The number of pyridine rings is 1. The maximum absolute atomic E-state index is 13.2. The Balaban J connectivity index is 1.17. The van der Waals surface area contributed by atoms with Crippen molar-refractivity contribution in [2.24, 2.45) is 5.92 Å². The van der Waals surface area contributed by atoms with Crippen molar-refractivity contribution in [3.63, 3.8) is 0 Å². The highest BCUT2D eigenvalue weighted by molar-refractivity contribution is 7.21. The topological polar surface area (TPSA) is 128 Å². The summed E-state index contributed by atoms with van der Waals surface area (Å²) in [6.45, 7) is 4.39. The lowest BCUT2D eigenvalue weighted by Crippen LogP contribution is -2.48. The second-order valence-corrected chi connectivity index (χ2v) is 13.2. The van der Waals surface area contributed by atoms with Crippen LogP contribution in [0.5, 0.6) is 0 Å². The van der Waals surface area contributed by atoms with Gasteiger partial charge in [-0.3, -0.25) is 14.9 Å². The molecule has 3 aliphatic heterocycles. The van der Waals surface area contributed by atoms with Crippen LogP contribution in [-0.4, -0.2) is 82.8 Å². The number of rotatable bonds is 7.